The minimum absolute atomic E-state index is 0. The zero-order chi connectivity index (χ0) is 27.9. The molecule has 0 aliphatic heterocycles. The van der Waals surface area contributed by atoms with Crippen LogP contribution in [0.2, 0.25) is 0 Å². The molecule has 37 heavy (non-hydrogen) atoms. The van der Waals surface area contributed by atoms with Crippen molar-refractivity contribution >= 4 is 11.4 Å². The van der Waals surface area contributed by atoms with Gasteiger partial charge in [0.15, 0.2) is 0 Å². The zero-order valence-corrected chi connectivity index (χ0v) is 25.0. The summed E-state index contributed by atoms with van der Waals surface area (Å²) < 4.78 is 0. The number of nitrogens with zero attached hydrogens (tertiary/aromatic N) is 6. The van der Waals surface area contributed by atoms with Crippen LogP contribution in [0.1, 0.15) is 39.1 Å². The molecular formula is C20H30CdN8O8. The van der Waals surface area contributed by atoms with Gasteiger partial charge in [0, 0.05) is 37.6 Å². The molecule has 200 valence electrons. The Morgan fingerprint density at radius 2 is 1.11 bits per heavy atom. The fourth-order valence-corrected chi connectivity index (χ4v) is 1.99. The van der Waals surface area contributed by atoms with Crippen LogP contribution >= 0.6 is 0 Å². The molecule has 0 amide bonds. The first-order chi connectivity index (χ1) is 16.9. The molecule has 2 aromatic heterocycles. The number of rotatable bonds is 8. The summed E-state index contributed by atoms with van der Waals surface area (Å²) in [6.45, 7) is 8.78. The maximum absolute atomic E-state index is 8.53. The fraction of sp³-hybridized carbons (Fsp3) is 0.400. The van der Waals surface area contributed by atoms with Crippen molar-refractivity contribution in [2.75, 3.05) is 0 Å². The summed E-state index contributed by atoms with van der Waals surface area (Å²) in [5.41, 5.74) is 3.29. The molecule has 2 atom stereocenters. The second-order valence-electron chi connectivity index (χ2n) is 6.78. The molecule has 2 heterocycles. The zero-order valence-electron chi connectivity index (χ0n) is 20.9. The van der Waals surface area contributed by atoms with E-state index in [0.717, 1.165) is 11.4 Å². The van der Waals surface area contributed by atoms with Crippen LogP contribution < -0.4 is 10.6 Å². The fourth-order valence-electron chi connectivity index (χ4n) is 1.99. The number of hydrogen-bond donors (Lipinski definition) is 4. The van der Waals surface area contributed by atoms with Gasteiger partial charge in [-0.3, -0.25) is 9.97 Å². The molecule has 0 aromatic carbocycles. The summed E-state index contributed by atoms with van der Waals surface area (Å²) in [4.78, 5) is 24.8. The summed E-state index contributed by atoms with van der Waals surface area (Å²) >= 11 is 0. The Balaban J connectivity index is -0.000000476. The van der Waals surface area contributed by atoms with E-state index in [1.165, 1.54) is 0 Å². The van der Waals surface area contributed by atoms with Crippen molar-refractivity contribution in [3.8, 4) is 0 Å². The van der Waals surface area contributed by atoms with Gasteiger partial charge < -0.3 is 51.7 Å². The van der Waals surface area contributed by atoms with Crippen LogP contribution in [0.15, 0.2) is 59.1 Å². The first kappa shape index (κ1) is 38.0. The van der Waals surface area contributed by atoms with Crippen LogP contribution in [0.5, 0.6) is 0 Å². The van der Waals surface area contributed by atoms with Crippen molar-refractivity contribution in [3.63, 3.8) is 0 Å². The predicted molar refractivity (Wildman–Crippen MR) is 132 cm³/mol. The predicted octanol–water partition coefficient (Wildman–Crippen LogP) is 2.34. The Morgan fingerprint density at radius 1 is 0.811 bits per heavy atom. The minimum Gasteiger partial charge on any atom is -0.411 e. The largest absolute Gasteiger partial charge is 2.00 e. The standard InChI is InChI=1S/2C10H15N3O.Cd.2NO3/c2*1-8(9(2)13-14)12-7-10-5-3-4-6-11-10;;2*2-1(3)4/h2*3-6,8,12,14H,7H2,1-2H3;;;/q;;+2;2*-1/b2*13-9+;;;/t2*8-;;;/m00.../s1. The van der Waals surface area contributed by atoms with E-state index in [-0.39, 0.29) is 39.4 Å². The van der Waals surface area contributed by atoms with E-state index in [4.69, 9.17) is 41.1 Å². The summed E-state index contributed by atoms with van der Waals surface area (Å²) in [6, 6.07) is 11.7. The summed E-state index contributed by atoms with van der Waals surface area (Å²) in [7, 11) is 0. The summed E-state index contributed by atoms with van der Waals surface area (Å²) in [5.74, 6) is 0. The monoisotopic (exact) mass is 624 g/mol. The number of nitrogens with one attached hydrogen (secondary N) is 2. The smallest absolute Gasteiger partial charge is 0.411 e. The average Bonchev–Trinajstić information content (AvgIpc) is 2.85. The Morgan fingerprint density at radius 3 is 1.32 bits per heavy atom. The van der Waals surface area contributed by atoms with Crippen LogP contribution in [0, 0.1) is 30.6 Å². The Labute approximate surface area is 233 Å². The van der Waals surface area contributed by atoms with Crippen LogP contribution in [-0.4, -0.2) is 54.1 Å². The number of hydrogen-bond acceptors (Lipinski definition) is 14. The third kappa shape index (κ3) is 25.4. The van der Waals surface area contributed by atoms with Gasteiger partial charge in [-0.05, 0) is 52.0 Å². The SMILES string of the molecule is C/C(=N\O)[C@H](C)NCc1ccccn1.C/C(=N\O)[C@H](C)NCc1ccccn1.O=[N+]([O-])[O-].O=[N+]([O-])[O-].[Cd+2]. The molecule has 0 fully saturated rings. The molecule has 0 saturated heterocycles. The molecule has 16 nitrogen and oxygen atoms in total. The first-order valence-corrected chi connectivity index (χ1v) is 10.2. The van der Waals surface area contributed by atoms with Gasteiger partial charge in [-0.2, -0.15) is 0 Å². The third-order valence-corrected chi connectivity index (χ3v) is 4.20. The van der Waals surface area contributed by atoms with Crippen LogP contribution in [-0.2, 0) is 40.4 Å². The molecule has 0 aliphatic carbocycles. The van der Waals surface area contributed by atoms with Gasteiger partial charge in [0.25, 0.3) is 0 Å². The van der Waals surface area contributed by atoms with Gasteiger partial charge in [-0.25, -0.2) is 0 Å². The van der Waals surface area contributed by atoms with Gasteiger partial charge in [0.05, 0.1) is 33.0 Å². The van der Waals surface area contributed by atoms with E-state index in [1.54, 1.807) is 26.2 Å². The molecule has 2 aromatic rings. The van der Waals surface area contributed by atoms with Crippen LogP contribution in [0.4, 0.5) is 0 Å². The molecule has 4 N–H and O–H groups in total. The Bertz CT molecular complexity index is 840. The topological polar surface area (TPSA) is 247 Å². The molecule has 2 rings (SSSR count). The van der Waals surface area contributed by atoms with Crippen molar-refractivity contribution in [1.29, 1.82) is 0 Å². The minimum atomic E-state index is -1.75. The average molecular weight is 623 g/mol. The quantitative estimate of drug-likeness (QED) is 0.109. The van der Waals surface area contributed by atoms with Crippen LogP contribution in [0.25, 0.3) is 0 Å². The van der Waals surface area contributed by atoms with Gasteiger partial charge in [-0.1, -0.05) is 22.4 Å². The van der Waals surface area contributed by atoms with Crippen molar-refractivity contribution in [3.05, 3.63) is 90.8 Å². The third-order valence-electron chi connectivity index (χ3n) is 4.20. The normalized spacial score (nSPS) is 11.9. The van der Waals surface area contributed by atoms with Gasteiger partial charge >= 0.3 is 27.3 Å². The number of aromatic nitrogens is 2. The molecule has 0 spiro atoms. The molecular weight excluding hydrogens is 593 g/mol. The van der Waals surface area contributed by atoms with E-state index in [1.807, 2.05) is 50.2 Å². The van der Waals surface area contributed by atoms with Gasteiger partial charge in [0.2, 0.25) is 0 Å². The number of oxime groups is 2. The maximum atomic E-state index is 8.53. The molecule has 17 heteroatoms. The van der Waals surface area contributed by atoms with Gasteiger partial charge in [-0.15, -0.1) is 0 Å². The van der Waals surface area contributed by atoms with Crippen molar-refractivity contribution in [1.82, 2.24) is 20.6 Å². The van der Waals surface area contributed by atoms with E-state index in [2.05, 4.69) is 30.9 Å². The van der Waals surface area contributed by atoms with E-state index < -0.39 is 10.2 Å². The van der Waals surface area contributed by atoms with Crippen molar-refractivity contribution < 1.29 is 47.9 Å². The second-order valence-corrected chi connectivity index (χ2v) is 6.78. The Hall–Kier alpha value is -3.52. The van der Waals surface area contributed by atoms with Crippen LogP contribution in [0.3, 0.4) is 0 Å². The van der Waals surface area contributed by atoms with E-state index in [0.29, 0.717) is 24.5 Å². The molecule has 0 radical (unpaired) electrons. The molecule has 0 aliphatic rings. The Kier molecular flexibility index (Phi) is 24.9. The number of pyridine rings is 2. The van der Waals surface area contributed by atoms with E-state index >= 15 is 0 Å². The maximum Gasteiger partial charge on any atom is 2.00 e. The van der Waals surface area contributed by atoms with E-state index in [9.17, 15) is 0 Å². The molecule has 0 bridgehead atoms. The second kappa shape index (κ2) is 24.2. The molecule has 0 saturated carbocycles. The van der Waals surface area contributed by atoms with Crippen molar-refractivity contribution in [2.24, 2.45) is 10.3 Å². The molecule has 0 unspecified atom stereocenters. The summed E-state index contributed by atoms with van der Waals surface area (Å²) in [6.07, 6.45) is 3.52. The van der Waals surface area contributed by atoms with Crippen molar-refractivity contribution in [2.45, 2.75) is 52.9 Å². The van der Waals surface area contributed by atoms with Gasteiger partial charge in [0.1, 0.15) is 0 Å². The summed E-state index contributed by atoms with van der Waals surface area (Å²) in [5, 5.41) is 59.2. The first-order valence-electron chi connectivity index (χ1n) is 10.2.